The molecule has 0 bridgehead atoms. The number of nitrogens with two attached hydrogens (primary N) is 1. The van der Waals surface area contributed by atoms with Crippen LogP contribution in [0, 0.1) is 5.82 Å². The van der Waals surface area contributed by atoms with Gasteiger partial charge >= 0.3 is 0 Å². The number of aliphatic hydroxyl groups is 1. The fourth-order valence-electron chi connectivity index (χ4n) is 1.13. The third-order valence-electron chi connectivity index (χ3n) is 2.10. The second-order valence-electron chi connectivity index (χ2n) is 3.20. The van der Waals surface area contributed by atoms with Gasteiger partial charge in [0.15, 0.2) is 0 Å². The van der Waals surface area contributed by atoms with Gasteiger partial charge in [0.25, 0.3) is 5.92 Å². The van der Waals surface area contributed by atoms with Gasteiger partial charge in [0, 0.05) is 5.56 Å². The molecule has 0 spiro atoms. The molecule has 8 heteroatoms. The van der Waals surface area contributed by atoms with E-state index in [1.807, 2.05) is 0 Å². The quantitative estimate of drug-likeness (QED) is 0.794. The number of halogens is 5. The van der Waals surface area contributed by atoms with Gasteiger partial charge in [-0.05, 0) is 22.0 Å². The van der Waals surface area contributed by atoms with Gasteiger partial charge in [0.05, 0.1) is 4.47 Å². The van der Waals surface area contributed by atoms with Crippen LogP contribution < -0.4 is 5.73 Å². The topological polar surface area (TPSA) is 66.5 Å². The van der Waals surface area contributed by atoms with Crippen LogP contribution >= 0.6 is 28.3 Å². The Kier molecular flexibility index (Phi) is 5.73. The van der Waals surface area contributed by atoms with E-state index < -0.39 is 30.1 Å². The van der Waals surface area contributed by atoms with E-state index in [-0.39, 0.29) is 22.4 Å². The van der Waals surface area contributed by atoms with E-state index in [4.69, 9.17) is 10.8 Å². The minimum Gasteiger partial charge on any atom is -0.506 e. The largest absolute Gasteiger partial charge is 0.506 e. The lowest BCUT2D eigenvalue weighted by molar-refractivity contribution is -0.0716. The van der Waals surface area contributed by atoms with Crippen LogP contribution in [0.4, 0.5) is 13.2 Å². The van der Waals surface area contributed by atoms with E-state index in [0.717, 1.165) is 12.1 Å². The number of phenols is 1. The third-order valence-corrected chi connectivity index (χ3v) is 2.86. The third kappa shape index (κ3) is 3.25. The molecule has 0 aliphatic heterocycles. The van der Waals surface area contributed by atoms with Crippen molar-refractivity contribution in [1.82, 2.24) is 0 Å². The first-order valence-electron chi connectivity index (χ1n) is 4.22. The Hall–Kier alpha value is -0.500. The average Bonchev–Trinajstić information content (AvgIpc) is 2.25. The molecule has 0 aliphatic carbocycles. The summed E-state index contributed by atoms with van der Waals surface area (Å²) in [6.45, 7) is -1.46. The smallest absolute Gasteiger partial charge is 0.289 e. The number of phenolic OH excluding ortho intramolecular Hbond substituents is 1. The van der Waals surface area contributed by atoms with Gasteiger partial charge in [0.1, 0.15) is 24.2 Å². The highest BCUT2D eigenvalue weighted by Crippen LogP contribution is 2.38. The van der Waals surface area contributed by atoms with Crippen molar-refractivity contribution in [3.8, 4) is 5.75 Å². The Bertz CT molecular complexity index is 406. The van der Waals surface area contributed by atoms with E-state index in [9.17, 15) is 18.3 Å². The van der Waals surface area contributed by atoms with Gasteiger partial charge in [-0.3, -0.25) is 0 Å². The molecule has 0 fully saturated rings. The Morgan fingerprint density at radius 2 is 1.94 bits per heavy atom. The second kappa shape index (κ2) is 5.90. The van der Waals surface area contributed by atoms with Crippen LogP contribution in [-0.2, 0) is 0 Å². The SMILES string of the molecule is Cl.N[C@H](c1ccc(F)c(Br)c1O)C(F)(F)CO. The predicted octanol–water partition coefficient (Wildman–Crippen LogP) is 2.34. The van der Waals surface area contributed by atoms with E-state index >= 15 is 0 Å². The number of hydrogen-bond acceptors (Lipinski definition) is 3. The van der Waals surface area contributed by atoms with Crippen molar-refractivity contribution in [2.45, 2.75) is 12.0 Å². The molecule has 0 saturated carbocycles. The van der Waals surface area contributed by atoms with Crippen LogP contribution in [0.15, 0.2) is 16.6 Å². The normalized spacial score (nSPS) is 13.1. The monoisotopic (exact) mass is 335 g/mol. The molecule has 1 aromatic rings. The molecule has 0 amide bonds. The molecule has 98 valence electrons. The first-order chi connectivity index (χ1) is 7.31. The standard InChI is InChI=1S/C9H9BrF3NO2.ClH/c10-6-5(11)2-1-4(7(6)16)8(14)9(12,13)3-15;/h1-2,8,15-16H,3,14H2;1H/t8-;/m1./s1. The average molecular weight is 337 g/mol. The zero-order valence-electron chi connectivity index (χ0n) is 8.33. The number of aromatic hydroxyl groups is 1. The molecular formula is C9H10BrClF3NO2. The highest BCUT2D eigenvalue weighted by molar-refractivity contribution is 9.10. The fraction of sp³-hybridized carbons (Fsp3) is 0.333. The first kappa shape index (κ1) is 16.5. The lowest BCUT2D eigenvalue weighted by Gasteiger charge is -2.22. The first-order valence-corrected chi connectivity index (χ1v) is 5.01. The molecule has 1 atom stereocenters. The molecular weight excluding hydrogens is 326 g/mol. The number of benzene rings is 1. The van der Waals surface area contributed by atoms with Gasteiger partial charge in [-0.25, -0.2) is 13.2 Å². The summed E-state index contributed by atoms with van der Waals surface area (Å²) in [5.74, 6) is -5.07. The summed E-state index contributed by atoms with van der Waals surface area (Å²) >= 11 is 2.70. The maximum absolute atomic E-state index is 13.0. The Labute approximate surface area is 110 Å². The number of hydrogen-bond donors (Lipinski definition) is 3. The van der Waals surface area contributed by atoms with Crippen molar-refractivity contribution in [3.05, 3.63) is 28.0 Å². The number of aliphatic hydroxyl groups excluding tert-OH is 1. The van der Waals surface area contributed by atoms with Crippen LogP contribution in [-0.4, -0.2) is 22.7 Å². The molecule has 4 N–H and O–H groups in total. The summed E-state index contributed by atoms with van der Waals surface area (Å²) in [4.78, 5) is 0. The van der Waals surface area contributed by atoms with Gasteiger partial charge in [0.2, 0.25) is 0 Å². The minimum absolute atomic E-state index is 0. The molecule has 0 aromatic heterocycles. The van der Waals surface area contributed by atoms with Crippen LogP contribution in [0.3, 0.4) is 0 Å². The molecule has 3 nitrogen and oxygen atoms in total. The summed E-state index contributed by atoms with van der Waals surface area (Å²) in [6, 6.07) is -0.0646. The zero-order valence-corrected chi connectivity index (χ0v) is 10.7. The molecule has 1 aromatic carbocycles. The molecule has 1 rings (SSSR count). The van der Waals surface area contributed by atoms with E-state index in [0.29, 0.717) is 0 Å². The highest BCUT2D eigenvalue weighted by Gasteiger charge is 2.39. The second-order valence-corrected chi connectivity index (χ2v) is 3.99. The molecule has 17 heavy (non-hydrogen) atoms. The van der Waals surface area contributed by atoms with Gasteiger partial charge in [-0.2, -0.15) is 0 Å². The molecule has 0 saturated heterocycles. The number of rotatable bonds is 3. The van der Waals surface area contributed by atoms with Crippen molar-refractivity contribution >= 4 is 28.3 Å². The van der Waals surface area contributed by atoms with Crippen LogP contribution in [0.25, 0.3) is 0 Å². The maximum atomic E-state index is 13.0. The number of alkyl halides is 2. The van der Waals surface area contributed by atoms with E-state index in [1.54, 1.807) is 0 Å². The molecule has 0 heterocycles. The van der Waals surface area contributed by atoms with Crippen molar-refractivity contribution in [1.29, 1.82) is 0 Å². The predicted molar refractivity (Wildman–Crippen MR) is 62.0 cm³/mol. The maximum Gasteiger partial charge on any atom is 0.289 e. The summed E-state index contributed by atoms with van der Waals surface area (Å²) in [7, 11) is 0. The molecule has 0 radical (unpaired) electrons. The van der Waals surface area contributed by atoms with Gasteiger partial charge < -0.3 is 15.9 Å². The van der Waals surface area contributed by atoms with Crippen LogP contribution in [0.2, 0.25) is 0 Å². The van der Waals surface area contributed by atoms with Crippen molar-refractivity contribution in [2.24, 2.45) is 5.73 Å². The fourth-order valence-corrected chi connectivity index (χ4v) is 1.49. The van der Waals surface area contributed by atoms with E-state index in [1.165, 1.54) is 0 Å². The van der Waals surface area contributed by atoms with Gasteiger partial charge in [-0.15, -0.1) is 12.4 Å². The highest BCUT2D eigenvalue weighted by atomic mass is 79.9. The Morgan fingerprint density at radius 3 is 2.41 bits per heavy atom. The van der Waals surface area contributed by atoms with Crippen molar-refractivity contribution in [3.63, 3.8) is 0 Å². The van der Waals surface area contributed by atoms with Gasteiger partial charge in [-0.1, -0.05) is 6.07 Å². The van der Waals surface area contributed by atoms with Crippen LogP contribution in [0.5, 0.6) is 5.75 Å². The summed E-state index contributed by atoms with van der Waals surface area (Å²) < 4.78 is 38.7. The van der Waals surface area contributed by atoms with E-state index in [2.05, 4.69) is 15.9 Å². The lowest BCUT2D eigenvalue weighted by Crippen LogP contribution is -2.36. The summed E-state index contributed by atoms with van der Waals surface area (Å²) in [6.07, 6.45) is 0. The minimum atomic E-state index is -3.59. The van der Waals surface area contributed by atoms with Crippen LogP contribution in [0.1, 0.15) is 11.6 Å². The van der Waals surface area contributed by atoms with Crippen molar-refractivity contribution < 1.29 is 23.4 Å². The molecule has 0 unspecified atom stereocenters. The summed E-state index contributed by atoms with van der Waals surface area (Å²) in [5, 5.41) is 17.9. The Balaban J connectivity index is 0.00000256. The zero-order chi connectivity index (χ0) is 12.5. The van der Waals surface area contributed by atoms with Crippen molar-refractivity contribution in [2.75, 3.05) is 6.61 Å². The summed E-state index contributed by atoms with van der Waals surface area (Å²) in [5.41, 5.74) is 4.85. The molecule has 0 aliphatic rings. The Morgan fingerprint density at radius 1 is 1.41 bits per heavy atom. The lowest BCUT2D eigenvalue weighted by atomic mass is 10.0.